The molecule has 11 nitrogen and oxygen atoms in total. The molecule has 1 saturated carbocycles. The molecule has 2 aromatic rings. The molecule has 1 aromatic heterocycles. The minimum atomic E-state index is -3.47. The lowest BCUT2D eigenvalue weighted by Crippen LogP contribution is -2.67. The molecule has 0 radical (unpaired) electrons. The van der Waals surface area contributed by atoms with E-state index >= 15 is 0 Å². The molecule has 1 aliphatic heterocycles. The van der Waals surface area contributed by atoms with E-state index in [1.807, 2.05) is 0 Å². The second-order valence-electron chi connectivity index (χ2n) is 9.83. The lowest BCUT2D eigenvalue weighted by molar-refractivity contribution is 0.0401. The van der Waals surface area contributed by atoms with E-state index in [4.69, 9.17) is 9.05 Å². The highest BCUT2D eigenvalue weighted by molar-refractivity contribution is 7.54. The maximum Gasteiger partial charge on any atom is 0.333 e. The van der Waals surface area contributed by atoms with Gasteiger partial charge in [-0.15, -0.1) is 0 Å². The Bertz CT molecular complexity index is 1400. The molecule has 2 heterocycles. The van der Waals surface area contributed by atoms with Crippen molar-refractivity contribution in [1.82, 2.24) is 14.9 Å². The number of halogens is 1. The Balaban J connectivity index is 1.68. The van der Waals surface area contributed by atoms with Gasteiger partial charge in [-0.3, -0.25) is 28.6 Å². The molecule has 13 heteroatoms. The Kier molecular flexibility index (Phi) is 7.93. The lowest BCUT2D eigenvalue weighted by atomic mass is 10.0. The average Bonchev–Trinajstić information content (AvgIpc) is 3.35. The van der Waals surface area contributed by atoms with Gasteiger partial charge in [-0.25, -0.2) is 4.39 Å². The van der Waals surface area contributed by atoms with E-state index in [1.54, 1.807) is 45.9 Å². The van der Waals surface area contributed by atoms with E-state index in [9.17, 15) is 28.4 Å². The molecule has 2 aliphatic rings. The van der Waals surface area contributed by atoms with E-state index < -0.39 is 53.3 Å². The SMILES string of the molecule is CCOP(=O)(OCC)[C@H]1CCC2(C1)N(C)C(=O)c1c(O)c(=O)c(C(=O)NCc3ccc(C)cc3F)cn1N2C. The van der Waals surface area contributed by atoms with Crippen molar-refractivity contribution < 1.29 is 32.7 Å². The summed E-state index contributed by atoms with van der Waals surface area (Å²) < 4.78 is 40.2. The van der Waals surface area contributed by atoms with Crippen LogP contribution in [0, 0.1) is 12.7 Å². The summed E-state index contributed by atoms with van der Waals surface area (Å²) in [4.78, 5) is 40.8. The quantitative estimate of drug-likeness (QED) is 0.468. The molecule has 0 saturated heterocycles. The third-order valence-electron chi connectivity index (χ3n) is 7.62. The number of nitrogens with one attached hydrogen (secondary N) is 1. The van der Waals surface area contributed by atoms with Crippen LogP contribution in [-0.2, 0) is 20.2 Å². The van der Waals surface area contributed by atoms with Crippen molar-refractivity contribution in [3.05, 3.63) is 62.8 Å². The highest BCUT2D eigenvalue weighted by Crippen LogP contribution is 2.61. The number of pyridine rings is 1. The molecule has 0 bridgehead atoms. The molecule has 39 heavy (non-hydrogen) atoms. The molecular formula is C26H34FN4O7P. The highest BCUT2D eigenvalue weighted by atomic mass is 31.2. The van der Waals surface area contributed by atoms with Crippen LogP contribution in [-0.4, -0.2) is 65.1 Å². The topological polar surface area (TPSA) is 130 Å². The summed E-state index contributed by atoms with van der Waals surface area (Å²) in [5.41, 5.74) is -2.24. The zero-order valence-electron chi connectivity index (χ0n) is 22.7. The molecule has 1 aliphatic carbocycles. The van der Waals surface area contributed by atoms with Crippen LogP contribution >= 0.6 is 7.60 Å². The zero-order chi connectivity index (χ0) is 28.7. The molecule has 212 valence electrons. The third kappa shape index (κ3) is 4.85. The zero-order valence-corrected chi connectivity index (χ0v) is 23.6. The Morgan fingerprint density at radius 2 is 1.90 bits per heavy atom. The van der Waals surface area contributed by atoms with Crippen LogP contribution in [0.4, 0.5) is 4.39 Å². The van der Waals surface area contributed by atoms with Crippen molar-refractivity contribution in [2.24, 2.45) is 0 Å². The van der Waals surface area contributed by atoms with Crippen molar-refractivity contribution in [2.75, 3.05) is 32.3 Å². The van der Waals surface area contributed by atoms with Gasteiger partial charge in [0.25, 0.3) is 11.8 Å². The predicted octanol–water partition coefficient (Wildman–Crippen LogP) is 3.10. The number of fused-ring (bicyclic) bond motifs is 1. The fraction of sp³-hybridized carbons (Fsp3) is 0.500. The van der Waals surface area contributed by atoms with Crippen LogP contribution in [0.15, 0.2) is 29.2 Å². The Morgan fingerprint density at radius 1 is 1.23 bits per heavy atom. The van der Waals surface area contributed by atoms with E-state index in [1.165, 1.54) is 27.9 Å². The molecule has 1 spiro atoms. The number of aromatic nitrogens is 1. The first-order valence-electron chi connectivity index (χ1n) is 12.8. The van der Waals surface area contributed by atoms with Gasteiger partial charge in [0.05, 0.1) is 18.9 Å². The maximum absolute atomic E-state index is 14.2. The van der Waals surface area contributed by atoms with Gasteiger partial charge in [0.1, 0.15) is 17.0 Å². The fourth-order valence-electron chi connectivity index (χ4n) is 5.47. The fourth-order valence-corrected chi connectivity index (χ4v) is 7.65. The molecule has 2 amide bonds. The van der Waals surface area contributed by atoms with Gasteiger partial charge in [-0.1, -0.05) is 12.1 Å². The second-order valence-corrected chi connectivity index (χ2v) is 12.2. The monoisotopic (exact) mass is 564 g/mol. The van der Waals surface area contributed by atoms with Gasteiger partial charge >= 0.3 is 7.60 Å². The molecular weight excluding hydrogens is 530 g/mol. The van der Waals surface area contributed by atoms with Crippen molar-refractivity contribution >= 4 is 19.4 Å². The standard InChI is InChI=1S/C26H34FN4O7P/c1-6-37-39(36,38-7-2)18-10-11-26(13-18)29(4)25(35)21-23(33)22(32)19(15-31(21)30(26)5)24(34)28-14-17-9-8-16(3)12-20(17)27/h8-9,12,15,18,33H,6-7,10-11,13-14H2,1-5H3,(H,28,34)/t18-,26?/m0/s1. The number of carbonyl (C=O) groups is 2. The number of amides is 2. The summed E-state index contributed by atoms with van der Waals surface area (Å²) in [6, 6.07) is 4.57. The number of nitrogens with zero attached hydrogens (tertiary/aromatic N) is 3. The van der Waals surface area contributed by atoms with E-state index in [0.717, 1.165) is 5.56 Å². The highest BCUT2D eigenvalue weighted by Gasteiger charge is 2.56. The molecule has 1 fully saturated rings. The Hall–Kier alpha value is -3.21. The van der Waals surface area contributed by atoms with Gasteiger partial charge in [0, 0.05) is 38.8 Å². The Labute approximate surface area is 226 Å². The number of aromatic hydroxyl groups is 1. The molecule has 4 rings (SSSR count). The Morgan fingerprint density at radius 3 is 2.51 bits per heavy atom. The van der Waals surface area contributed by atoms with Gasteiger partial charge in [-0.05, 0) is 45.2 Å². The number of benzene rings is 1. The van der Waals surface area contributed by atoms with Crippen LogP contribution in [0.2, 0.25) is 0 Å². The first-order valence-corrected chi connectivity index (χ1v) is 14.4. The summed E-state index contributed by atoms with van der Waals surface area (Å²) in [6.45, 7) is 5.42. The van der Waals surface area contributed by atoms with Crippen molar-refractivity contribution in [1.29, 1.82) is 0 Å². The summed E-state index contributed by atoms with van der Waals surface area (Å²) in [5, 5.41) is 14.9. The molecule has 2 N–H and O–H groups in total. The minimum absolute atomic E-state index is 0.180. The smallest absolute Gasteiger partial charge is 0.333 e. The summed E-state index contributed by atoms with van der Waals surface area (Å²) >= 11 is 0. The van der Waals surface area contributed by atoms with Crippen LogP contribution < -0.4 is 15.8 Å². The van der Waals surface area contributed by atoms with E-state index in [2.05, 4.69) is 5.32 Å². The number of hydrogen-bond donors (Lipinski definition) is 2. The van der Waals surface area contributed by atoms with Crippen LogP contribution in [0.5, 0.6) is 5.75 Å². The largest absolute Gasteiger partial charge is 0.502 e. The molecule has 2 atom stereocenters. The van der Waals surface area contributed by atoms with Gasteiger partial charge < -0.3 is 24.4 Å². The summed E-state index contributed by atoms with van der Waals surface area (Å²) in [7, 11) is -0.259. The maximum atomic E-state index is 14.2. The number of hydrogen-bond acceptors (Lipinski definition) is 8. The normalized spacial score (nSPS) is 21.0. The number of carbonyl (C=O) groups excluding carboxylic acids is 2. The van der Waals surface area contributed by atoms with Crippen molar-refractivity contribution in [2.45, 2.75) is 57.9 Å². The minimum Gasteiger partial charge on any atom is -0.502 e. The first kappa shape index (κ1) is 28.8. The summed E-state index contributed by atoms with van der Waals surface area (Å²) in [6.07, 6.45) is 2.28. The third-order valence-corrected chi connectivity index (χ3v) is 10.2. The van der Waals surface area contributed by atoms with E-state index in [0.29, 0.717) is 12.8 Å². The van der Waals surface area contributed by atoms with Crippen LogP contribution in [0.1, 0.15) is 65.1 Å². The van der Waals surface area contributed by atoms with Gasteiger partial charge in [0.2, 0.25) is 5.43 Å². The van der Waals surface area contributed by atoms with Crippen molar-refractivity contribution in [3.8, 4) is 5.75 Å². The van der Waals surface area contributed by atoms with Gasteiger partial charge in [-0.2, -0.15) is 0 Å². The average molecular weight is 565 g/mol. The van der Waals surface area contributed by atoms with Crippen molar-refractivity contribution in [3.63, 3.8) is 0 Å². The predicted molar refractivity (Wildman–Crippen MR) is 142 cm³/mol. The second kappa shape index (κ2) is 10.7. The molecule has 1 unspecified atom stereocenters. The first-order chi connectivity index (χ1) is 18.4. The van der Waals surface area contributed by atoms with E-state index in [-0.39, 0.29) is 37.4 Å². The number of aryl methyl sites for hydroxylation is 1. The summed E-state index contributed by atoms with van der Waals surface area (Å²) in [5.74, 6) is -2.82. The van der Waals surface area contributed by atoms with Crippen LogP contribution in [0.3, 0.4) is 0 Å². The van der Waals surface area contributed by atoms with Crippen LogP contribution in [0.25, 0.3) is 0 Å². The lowest BCUT2D eigenvalue weighted by Gasteiger charge is -2.51. The molecule has 1 aromatic carbocycles. The number of rotatable bonds is 8. The van der Waals surface area contributed by atoms with Gasteiger partial charge in [0.15, 0.2) is 11.4 Å².